The normalized spacial score (nSPS) is 15.8. The van der Waals surface area contributed by atoms with Crippen molar-refractivity contribution < 1.29 is 5.11 Å². The summed E-state index contributed by atoms with van der Waals surface area (Å²) in [5.74, 6) is 0.521. The maximum absolute atomic E-state index is 10.8. The summed E-state index contributed by atoms with van der Waals surface area (Å²) >= 11 is 0. The number of hydrogen-bond acceptors (Lipinski definition) is 2. The Kier molecular flexibility index (Phi) is 4.96. The van der Waals surface area contributed by atoms with Crippen LogP contribution in [0.15, 0.2) is 42.7 Å². The Hall–Kier alpha value is -1.61. The predicted octanol–water partition coefficient (Wildman–Crippen LogP) is 3.77. The Balaban J connectivity index is 2.31. The standard InChI is InChI=1S/C17H24N2O/c1-4-13(3)16(14-9-7-6-8-10-14)17(20)15-11-18-19(5-2)12-15/h6-13,16-17,20H,4-5H2,1-3H3. The van der Waals surface area contributed by atoms with E-state index in [-0.39, 0.29) is 5.92 Å². The minimum absolute atomic E-state index is 0.107. The summed E-state index contributed by atoms with van der Waals surface area (Å²) in [5, 5.41) is 15.1. The molecule has 0 aliphatic heterocycles. The van der Waals surface area contributed by atoms with Crippen LogP contribution < -0.4 is 0 Å². The molecule has 0 amide bonds. The molecule has 0 saturated heterocycles. The molecule has 1 heterocycles. The summed E-state index contributed by atoms with van der Waals surface area (Å²) in [7, 11) is 0. The van der Waals surface area contributed by atoms with Crippen molar-refractivity contribution in [2.75, 3.05) is 0 Å². The molecule has 2 rings (SSSR count). The zero-order chi connectivity index (χ0) is 14.5. The molecule has 3 heteroatoms. The molecule has 3 unspecified atom stereocenters. The first-order valence-electron chi connectivity index (χ1n) is 7.42. The Bertz CT molecular complexity index is 521. The monoisotopic (exact) mass is 272 g/mol. The molecule has 0 fully saturated rings. The third-order valence-electron chi connectivity index (χ3n) is 4.10. The largest absolute Gasteiger partial charge is 0.388 e. The van der Waals surface area contributed by atoms with Crippen molar-refractivity contribution in [3.8, 4) is 0 Å². The van der Waals surface area contributed by atoms with Crippen LogP contribution in [0.1, 0.15) is 50.3 Å². The molecule has 1 N–H and O–H groups in total. The number of nitrogens with zero attached hydrogens (tertiary/aromatic N) is 2. The van der Waals surface area contributed by atoms with E-state index < -0.39 is 6.10 Å². The lowest BCUT2D eigenvalue weighted by atomic mass is 9.80. The third kappa shape index (κ3) is 3.10. The van der Waals surface area contributed by atoms with Crippen LogP contribution in [0.4, 0.5) is 0 Å². The number of aliphatic hydroxyl groups excluding tert-OH is 1. The molecule has 3 nitrogen and oxygen atoms in total. The summed E-state index contributed by atoms with van der Waals surface area (Å²) in [5.41, 5.74) is 2.10. The van der Waals surface area contributed by atoms with Gasteiger partial charge in [0.1, 0.15) is 0 Å². The SMILES string of the molecule is CCC(C)C(c1ccccc1)C(O)c1cnn(CC)c1. The van der Waals surface area contributed by atoms with E-state index in [4.69, 9.17) is 0 Å². The minimum Gasteiger partial charge on any atom is -0.388 e. The van der Waals surface area contributed by atoms with Crippen LogP contribution >= 0.6 is 0 Å². The second-order valence-electron chi connectivity index (χ2n) is 5.40. The molecule has 0 aliphatic rings. The van der Waals surface area contributed by atoms with Crippen LogP contribution in [0.2, 0.25) is 0 Å². The fraction of sp³-hybridized carbons (Fsp3) is 0.471. The fourth-order valence-corrected chi connectivity index (χ4v) is 2.66. The van der Waals surface area contributed by atoms with Crippen molar-refractivity contribution in [2.24, 2.45) is 5.92 Å². The molecule has 0 bridgehead atoms. The Labute approximate surface area is 121 Å². The molecule has 0 spiro atoms. The average molecular weight is 272 g/mol. The van der Waals surface area contributed by atoms with Gasteiger partial charge in [0, 0.05) is 24.2 Å². The molecular weight excluding hydrogens is 248 g/mol. The van der Waals surface area contributed by atoms with Crippen LogP contribution in [-0.4, -0.2) is 14.9 Å². The van der Waals surface area contributed by atoms with Crippen molar-refractivity contribution in [1.82, 2.24) is 9.78 Å². The molecule has 20 heavy (non-hydrogen) atoms. The Morgan fingerprint density at radius 3 is 2.40 bits per heavy atom. The van der Waals surface area contributed by atoms with E-state index in [1.807, 2.05) is 36.0 Å². The molecule has 0 saturated carbocycles. The van der Waals surface area contributed by atoms with E-state index in [1.54, 1.807) is 6.20 Å². The van der Waals surface area contributed by atoms with Crippen molar-refractivity contribution in [3.05, 3.63) is 53.9 Å². The van der Waals surface area contributed by atoms with Gasteiger partial charge in [0.2, 0.25) is 0 Å². The van der Waals surface area contributed by atoms with Crippen molar-refractivity contribution in [2.45, 2.75) is 45.8 Å². The molecule has 1 aromatic carbocycles. The van der Waals surface area contributed by atoms with Crippen molar-refractivity contribution >= 4 is 0 Å². The maximum atomic E-state index is 10.8. The van der Waals surface area contributed by atoms with Gasteiger partial charge in [0.25, 0.3) is 0 Å². The molecule has 2 aromatic rings. The smallest absolute Gasteiger partial charge is 0.0891 e. The van der Waals surface area contributed by atoms with Crippen LogP contribution in [0, 0.1) is 5.92 Å². The molecule has 3 atom stereocenters. The molecular formula is C17H24N2O. The average Bonchev–Trinajstić information content (AvgIpc) is 2.97. The highest BCUT2D eigenvalue weighted by molar-refractivity contribution is 5.25. The fourth-order valence-electron chi connectivity index (χ4n) is 2.66. The highest BCUT2D eigenvalue weighted by Crippen LogP contribution is 2.38. The van der Waals surface area contributed by atoms with Gasteiger partial charge in [0.15, 0.2) is 0 Å². The molecule has 108 valence electrons. The number of hydrogen-bond donors (Lipinski definition) is 1. The quantitative estimate of drug-likeness (QED) is 0.869. The van der Waals surface area contributed by atoms with E-state index >= 15 is 0 Å². The van der Waals surface area contributed by atoms with Crippen molar-refractivity contribution in [3.63, 3.8) is 0 Å². The summed E-state index contributed by atoms with van der Waals surface area (Å²) in [6, 6.07) is 10.3. The number of aliphatic hydroxyl groups is 1. The van der Waals surface area contributed by atoms with Gasteiger partial charge in [-0.2, -0.15) is 5.10 Å². The predicted molar refractivity (Wildman–Crippen MR) is 81.5 cm³/mol. The van der Waals surface area contributed by atoms with Gasteiger partial charge in [-0.3, -0.25) is 4.68 Å². The third-order valence-corrected chi connectivity index (χ3v) is 4.10. The van der Waals surface area contributed by atoms with Gasteiger partial charge in [-0.25, -0.2) is 0 Å². The molecule has 1 aromatic heterocycles. The first-order chi connectivity index (χ1) is 9.67. The van der Waals surface area contributed by atoms with Crippen LogP contribution in [0.3, 0.4) is 0 Å². The first kappa shape index (κ1) is 14.8. The van der Waals surface area contributed by atoms with Gasteiger partial charge >= 0.3 is 0 Å². The van der Waals surface area contributed by atoms with Crippen LogP contribution in [0.5, 0.6) is 0 Å². The lowest BCUT2D eigenvalue weighted by Gasteiger charge is -2.28. The van der Waals surface area contributed by atoms with Gasteiger partial charge in [0.05, 0.1) is 12.3 Å². The Morgan fingerprint density at radius 1 is 1.15 bits per heavy atom. The zero-order valence-corrected chi connectivity index (χ0v) is 12.5. The second-order valence-corrected chi connectivity index (χ2v) is 5.40. The van der Waals surface area contributed by atoms with Gasteiger partial charge in [-0.15, -0.1) is 0 Å². The van der Waals surface area contributed by atoms with Crippen molar-refractivity contribution in [1.29, 1.82) is 0 Å². The van der Waals surface area contributed by atoms with E-state index in [2.05, 4.69) is 31.1 Å². The first-order valence-corrected chi connectivity index (χ1v) is 7.42. The lowest BCUT2D eigenvalue weighted by molar-refractivity contribution is 0.118. The van der Waals surface area contributed by atoms with E-state index in [9.17, 15) is 5.11 Å². The van der Waals surface area contributed by atoms with Gasteiger partial charge < -0.3 is 5.11 Å². The minimum atomic E-state index is -0.507. The van der Waals surface area contributed by atoms with E-state index in [0.717, 1.165) is 18.5 Å². The van der Waals surface area contributed by atoms with Crippen LogP contribution in [0.25, 0.3) is 0 Å². The summed E-state index contributed by atoms with van der Waals surface area (Å²) < 4.78 is 1.86. The second kappa shape index (κ2) is 6.71. The number of rotatable bonds is 6. The molecule has 0 radical (unpaired) electrons. The number of benzene rings is 1. The summed E-state index contributed by atoms with van der Waals surface area (Å²) in [4.78, 5) is 0. The lowest BCUT2D eigenvalue weighted by Crippen LogP contribution is -2.18. The maximum Gasteiger partial charge on any atom is 0.0891 e. The van der Waals surface area contributed by atoms with E-state index in [0.29, 0.717) is 5.92 Å². The van der Waals surface area contributed by atoms with Gasteiger partial charge in [-0.05, 0) is 18.4 Å². The van der Waals surface area contributed by atoms with Gasteiger partial charge in [-0.1, -0.05) is 50.6 Å². The van der Waals surface area contributed by atoms with E-state index in [1.165, 1.54) is 5.56 Å². The summed E-state index contributed by atoms with van der Waals surface area (Å²) in [6.45, 7) is 7.24. The molecule has 0 aliphatic carbocycles. The highest BCUT2D eigenvalue weighted by Gasteiger charge is 2.28. The topological polar surface area (TPSA) is 38.1 Å². The highest BCUT2D eigenvalue weighted by atomic mass is 16.3. The number of aromatic nitrogens is 2. The Morgan fingerprint density at radius 2 is 1.85 bits per heavy atom. The zero-order valence-electron chi connectivity index (χ0n) is 12.5. The number of aryl methyl sites for hydroxylation is 1. The van der Waals surface area contributed by atoms with Crippen LogP contribution in [-0.2, 0) is 6.54 Å². The summed E-state index contributed by atoms with van der Waals surface area (Å²) in [6.07, 6.45) is 4.27.